The van der Waals surface area contributed by atoms with Gasteiger partial charge in [-0.2, -0.15) is 0 Å². The molecule has 0 radical (unpaired) electrons. The van der Waals surface area contributed by atoms with E-state index in [9.17, 15) is 14.4 Å². The summed E-state index contributed by atoms with van der Waals surface area (Å²) in [6.07, 6.45) is 14.5. The highest BCUT2D eigenvalue weighted by molar-refractivity contribution is 5.88. The zero-order valence-corrected chi connectivity index (χ0v) is 20.5. The predicted molar refractivity (Wildman–Crippen MR) is 126 cm³/mol. The van der Waals surface area contributed by atoms with Crippen molar-refractivity contribution in [3.8, 4) is 0 Å². The van der Waals surface area contributed by atoms with Gasteiger partial charge in [0.15, 0.2) is 5.60 Å². The molecule has 0 atom stereocenters. The van der Waals surface area contributed by atoms with Crippen molar-refractivity contribution in [2.45, 2.75) is 116 Å². The minimum atomic E-state index is -2.74. The Morgan fingerprint density at radius 3 is 1.12 bits per heavy atom. The first kappa shape index (κ1) is 32.5. The van der Waals surface area contributed by atoms with Crippen molar-refractivity contribution in [2.75, 3.05) is 19.6 Å². The second kappa shape index (κ2) is 21.2. The summed E-state index contributed by atoms with van der Waals surface area (Å²) in [5, 5.41) is 33.8. The van der Waals surface area contributed by atoms with E-state index in [1.54, 1.807) is 0 Å². The van der Waals surface area contributed by atoms with E-state index in [0.717, 1.165) is 0 Å². The van der Waals surface area contributed by atoms with E-state index in [4.69, 9.17) is 20.4 Å². The van der Waals surface area contributed by atoms with Gasteiger partial charge in [0.05, 0.1) is 12.8 Å². The Balaban J connectivity index is 0. The van der Waals surface area contributed by atoms with E-state index in [2.05, 4.69) is 25.7 Å². The summed E-state index contributed by atoms with van der Waals surface area (Å²) in [5.74, 6) is -5.02. The molecule has 8 nitrogen and oxygen atoms in total. The van der Waals surface area contributed by atoms with E-state index < -0.39 is 36.4 Å². The van der Waals surface area contributed by atoms with Gasteiger partial charge in [0.25, 0.3) is 0 Å². The lowest BCUT2D eigenvalue weighted by atomic mass is 9.96. The summed E-state index contributed by atoms with van der Waals surface area (Å²) >= 11 is 0. The first-order chi connectivity index (χ1) is 15.1. The van der Waals surface area contributed by atoms with Crippen molar-refractivity contribution in [1.82, 2.24) is 4.90 Å². The fourth-order valence-corrected chi connectivity index (χ4v) is 3.34. The van der Waals surface area contributed by atoms with Crippen molar-refractivity contribution in [2.24, 2.45) is 0 Å². The van der Waals surface area contributed by atoms with Crippen LogP contribution in [-0.4, -0.2) is 68.5 Å². The molecule has 0 aromatic rings. The maximum atomic E-state index is 10.3. The van der Waals surface area contributed by atoms with Crippen LogP contribution in [0.4, 0.5) is 0 Å². The van der Waals surface area contributed by atoms with Crippen LogP contribution in [0.2, 0.25) is 0 Å². The quantitative estimate of drug-likeness (QED) is 0.190. The molecular weight excluding hydrogens is 414 g/mol. The van der Waals surface area contributed by atoms with E-state index >= 15 is 0 Å². The molecule has 0 fully saturated rings. The normalized spacial score (nSPS) is 11.2. The maximum Gasteiger partial charge on any atom is 0.336 e. The lowest BCUT2D eigenvalue weighted by Crippen LogP contribution is -2.42. The molecule has 0 saturated carbocycles. The number of carboxylic acids is 3. The monoisotopic (exact) mass is 461 g/mol. The molecule has 8 heteroatoms. The van der Waals surface area contributed by atoms with Crippen LogP contribution in [0.5, 0.6) is 0 Å². The van der Waals surface area contributed by atoms with Crippen molar-refractivity contribution >= 4 is 17.9 Å². The maximum absolute atomic E-state index is 10.3. The Kier molecular flexibility index (Phi) is 21.5. The molecule has 0 spiro atoms. The summed E-state index contributed by atoms with van der Waals surface area (Å²) < 4.78 is 0. The second-order valence-electron chi connectivity index (χ2n) is 8.50. The first-order valence-corrected chi connectivity index (χ1v) is 12.2. The van der Waals surface area contributed by atoms with Crippen LogP contribution < -0.4 is 0 Å². The minimum Gasteiger partial charge on any atom is -0.481 e. The number of aliphatic hydroxyl groups is 1. The highest BCUT2D eigenvalue weighted by atomic mass is 16.4. The van der Waals surface area contributed by atoms with Crippen molar-refractivity contribution in [1.29, 1.82) is 0 Å². The Hall–Kier alpha value is -1.67. The van der Waals surface area contributed by atoms with Crippen molar-refractivity contribution < 1.29 is 34.8 Å². The highest BCUT2D eigenvalue weighted by Gasteiger charge is 2.40. The van der Waals surface area contributed by atoms with Crippen LogP contribution in [0.1, 0.15) is 111 Å². The Morgan fingerprint density at radius 2 is 0.906 bits per heavy atom. The van der Waals surface area contributed by atoms with Gasteiger partial charge in [0, 0.05) is 0 Å². The lowest BCUT2D eigenvalue weighted by Gasteiger charge is -2.22. The van der Waals surface area contributed by atoms with E-state index in [1.807, 2.05) is 0 Å². The van der Waals surface area contributed by atoms with Crippen LogP contribution in [0.25, 0.3) is 0 Å². The van der Waals surface area contributed by atoms with Crippen LogP contribution in [0.3, 0.4) is 0 Å². The van der Waals surface area contributed by atoms with Crippen LogP contribution in [0.15, 0.2) is 0 Å². The molecule has 0 saturated heterocycles. The first-order valence-electron chi connectivity index (χ1n) is 12.2. The fourth-order valence-electron chi connectivity index (χ4n) is 3.34. The third kappa shape index (κ3) is 20.2. The number of carbonyl (C=O) groups is 3. The number of hydrogen-bond donors (Lipinski definition) is 4. The summed E-state index contributed by atoms with van der Waals surface area (Å²) in [6, 6.07) is 0. The van der Waals surface area contributed by atoms with Gasteiger partial charge in [0.1, 0.15) is 0 Å². The molecular formula is C24H47NO7. The largest absolute Gasteiger partial charge is 0.481 e. The minimum absolute atomic E-state index is 1.14. The third-order valence-corrected chi connectivity index (χ3v) is 5.27. The number of unbranched alkanes of at least 4 members (excludes halogenated alkanes) is 9. The highest BCUT2D eigenvalue weighted by Crippen LogP contribution is 2.15. The SMILES string of the molecule is CCCCCCN(CCCCCC)CCCCCC.O=C(O)CC(O)(CC(=O)O)C(=O)O. The Labute approximate surface area is 194 Å². The Morgan fingerprint density at radius 1 is 0.594 bits per heavy atom. The smallest absolute Gasteiger partial charge is 0.336 e. The molecule has 0 amide bonds. The second-order valence-corrected chi connectivity index (χ2v) is 8.50. The standard InChI is InChI=1S/C18H39N.C6H8O7/c1-4-7-10-13-16-19(17-14-11-8-5-2)18-15-12-9-6-3;7-3(8)1-6(13,5(11)12)2-4(9)10/h4-18H2,1-3H3;13H,1-2H2,(H,7,8)(H,9,10)(H,11,12). The van der Waals surface area contributed by atoms with Gasteiger partial charge in [-0.25, -0.2) is 4.79 Å². The number of aliphatic carboxylic acids is 3. The van der Waals surface area contributed by atoms with Gasteiger partial charge in [-0.05, 0) is 38.9 Å². The summed E-state index contributed by atoms with van der Waals surface area (Å²) in [5.41, 5.74) is -2.74. The molecule has 0 aliphatic rings. The van der Waals surface area contributed by atoms with E-state index in [1.165, 1.54) is 96.7 Å². The van der Waals surface area contributed by atoms with Crippen LogP contribution in [0, 0.1) is 0 Å². The van der Waals surface area contributed by atoms with Gasteiger partial charge in [0.2, 0.25) is 0 Å². The summed E-state index contributed by atoms with van der Waals surface area (Å²) in [6.45, 7) is 10.9. The zero-order chi connectivity index (χ0) is 24.8. The van der Waals surface area contributed by atoms with Gasteiger partial charge >= 0.3 is 17.9 Å². The molecule has 0 aromatic heterocycles. The molecule has 0 unspecified atom stereocenters. The van der Waals surface area contributed by atoms with Gasteiger partial charge < -0.3 is 25.3 Å². The Bertz CT molecular complexity index is 452. The van der Waals surface area contributed by atoms with Crippen LogP contribution >= 0.6 is 0 Å². The molecule has 0 aromatic carbocycles. The fraction of sp³-hybridized carbons (Fsp3) is 0.875. The van der Waals surface area contributed by atoms with E-state index in [0.29, 0.717) is 0 Å². The third-order valence-electron chi connectivity index (χ3n) is 5.27. The average Bonchev–Trinajstić information content (AvgIpc) is 2.70. The molecule has 0 aliphatic heterocycles. The number of carboxylic acid groups (broad SMARTS) is 3. The predicted octanol–water partition coefficient (Wildman–Crippen LogP) is 4.78. The topological polar surface area (TPSA) is 135 Å². The lowest BCUT2D eigenvalue weighted by molar-refractivity contribution is -0.170. The summed E-state index contributed by atoms with van der Waals surface area (Å²) in [4.78, 5) is 33.2. The molecule has 190 valence electrons. The van der Waals surface area contributed by atoms with Crippen molar-refractivity contribution in [3.63, 3.8) is 0 Å². The molecule has 32 heavy (non-hydrogen) atoms. The molecule has 0 rings (SSSR count). The molecule has 0 heterocycles. The summed E-state index contributed by atoms with van der Waals surface area (Å²) in [7, 11) is 0. The van der Waals surface area contributed by atoms with Gasteiger partial charge in [-0.15, -0.1) is 0 Å². The van der Waals surface area contributed by atoms with Crippen molar-refractivity contribution in [3.05, 3.63) is 0 Å². The molecule has 4 N–H and O–H groups in total. The van der Waals surface area contributed by atoms with Gasteiger partial charge in [-0.3, -0.25) is 9.59 Å². The number of rotatable bonds is 20. The number of nitrogens with zero attached hydrogens (tertiary/aromatic N) is 1. The number of hydrogen-bond acceptors (Lipinski definition) is 5. The van der Waals surface area contributed by atoms with E-state index in [-0.39, 0.29) is 0 Å². The average molecular weight is 462 g/mol. The van der Waals surface area contributed by atoms with Gasteiger partial charge in [-0.1, -0.05) is 78.6 Å². The zero-order valence-electron chi connectivity index (χ0n) is 20.5. The molecule has 0 aliphatic carbocycles. The molecule has 0 bridgehead atoms. The van der Waals surface area contributed by atoms with Crippen LogP contribution in [-0.2, 0) is 14.4 Å².